The van der Waals surface area contributed by atoms with Crippen LogP contribution in [0.4, 0.5) is 0 Å². The fraction of sp³-hybridized carbons (Fsp3) is 1.00. The van der Waals surface area contributed by atoms with E-state index in [0.29, 0.717) is 6.04 Å². The van der Waals surface area contributed by atoms with E-state index in [9.17, 15) is 5.11 Å². The van der Waals surface area contributed by atoms with E-state index in [0.717, 1.165) is 38.8 Å². The van der Waals surface area contributed by atoms with Gasteiger partial charge in [0.1, 0.15) is 0 Å². The van der Waals surface area contributed by atoms with Crippen LogP contribution in [0, 0.1) is 0 Å². The molecule has 0 bridgehead atoms. The minimum atomic E-state index is -0.399. The van der Waals surface area contributed by atoms with Crippen LogP contribution in [0.1, 0.15) is 38.5 Å². The second kappa shape index (κ2) is 4.81. The topological polar surface area (TPSA) is 32.7 Å². The van der Waals surface area contributed by atoms with Gasteiger partial charge in [0.05, 0.1) is 5.60 Å². The number of hydrogen-bond donors (Lipinski definition) is 1. The number of rotatable bonds is 4. The molecule has 2 aliphatic heterocycles. The average Bonchev–Trinajstić information content (AvgIpc) is 2.64. The highest BCUT2D eigenvalue weighted by Gasteiger charge is 2.39. The van der Waals surface area contributed by atoms with Gasteiger partial charge in [-0.3, -0.25) is 0 Å². The number of aliphatic hydroxyl groups is 1. The molecule has 0 aliphatic carbocycles. The zero-order chi connectivity index (χ0) is 10.7. The minimum Gasteiger partial charge on any atom is -0.390 e. The molecule has 0 aromatic carbocycles. The Morgan fingerprint density at radius 3 is 3.13 bits per heavy atom. The third-order valence-corrected chi connectivity index (χ3v) is 3.97. The van der Waals surface area contributed by atoms with Gasteiger partial charge in [-0.2, -0.15) is 0 Å². The van der Waals surface area contributed by atoms with Crippen molar-refractivity contribution in [3.05, 3.63) is 0 Å². The molecule has 2 fully saturated rings. The first-order valence-electron chi connectivity index (χ1n) is 6.19. The van der Waals surface area contributed by atoms with Crippen molar-refractivity contribution in [2.75, 3.05) is 26.8 Å². The van der Waals surface area contributed by atoms with Crippen LogP contribution in [0.3, 0.4) is 0 Å². The quantitative estimate of drug-likeness (QED) is 0.717. The molecule has 88 valence electrons. The van der Waals surface area contributed by atoms with Gasteiger partial charge in [0.25, 0.3) is 0 Å². The molecule has 0 amide bonds. The summed E-state index contributed by atoms with van der Waals surface area (Å²) in [6, 6.07) is 0.659. The second-order valence-corrected chi connectivity index (χ2v) is 5.11. The fourth-order valence-electron chi connectivity index (χ4n) is 3.09. The highest BCUT2D eigenvalue weighted by atomic mass is 16.5. The number of hydrogen-bond acceptors (Lipinski definition) is 3. The Kier molecular flexibility index (Phi) is 3.65. The molecule has 0 aromatic rings. The maximum absolute atomic E-state index is 10.5. The molecule has 2 saturated heterocycles. The lowest BCUT2D eigenvalue weighted by atomic mass is 9.83. The lowest BCUT2D eigenvalue weighted by Crippen LogP contribution is -2.47. The van der Waals surface area contributed by atoms with Crippen molar-refractivity contribution < 1.29 is 9.84 Å². The van der Waals surface area contributed by atoms with Gasteiger partial charge in [-0.15, -0.1) is 0 Å². The average molecular weight is 213 g/mol. The van der Waals surface area contributed by atoms with Gasteiger partial charge in [-0.1, -0.05) is 0 Å². The number of ether oxygens (including phenoxy) is 1. The molecule has 2 atom stereocenters. The van der Waals surface area contributed by atoms with E-state index in [4.69, 9.17) is 4.74 Å². The maximum Gasteiger partial charge on any atom is 0.0675 e. The third-order valence-electron chi connectivity index (χ3n) is 3.97. The van der Waals surface area contributed by atoms with Gasteiger partial charge >= 0.3 is 0 Å². The van der Waals surface area contributed by atoms with E-state index in [1.165, 1.54) is 19.4 Å². The van der Waals surface area contributed by atoms with Crippen LogP contribution in [0.5, 0.6) is 0 Å². The molecule has 2 unspecified atom stereocenters. The van der Waals surface area contributed by atoms with Gasteiger partial charge in [-0.05, 0) is 45.1 Å². The molecule has 0 saturated carbocycles. The predicted octanol–water partition coefficient (Wildman–Crippen LogP) is 1.40. The van der Waals surface area contributed by atoms with Gasteiger partial charge in [0.15, 0.2) is 0 Å². The van der Waals surface area contributed by atoms with E-state index >= 15 is 0 Å². The molecule has 3 nitrogen and oxygen atoms in total. The van der Waals surface area contributed by atoms with Gasteiger partial charge in [0, 0.05) is 26.3 Å². The molecule has 2 rings (SSSR count). The zero-order valence-corrected chi connectivity index (χ0v) is 9.74. The summed E-state index contributed by atoms with van der Waals surface area (Å²) in [6.07, 6.45) is 6.43. The molecule has 0 radical (unpaired) electrons. The smallest absolute Gasteiger partial charge is 0.0675 e. The summed E-state index contributed by atoms with van der Waals surface area (Å²) in [7, 11) is 1.73. The van der Waals surface area contributed by atoms with Crippen molar-refractivity contribution in [1.29, 1.82) is 0 Å². The van der Waals surface area contributed by atoms with E-state index in [2.05, 4.69) is 4.90 Å². The Balaban J connectivity index is 1.81. The predicted molar refractivity (Wildman–Crippen MR) is 59.9 cm³/mol. The van der Waals surface area contributed by atoms with Crippen LogP contribution in [0.15, 0.2) is 0 Å². The van der Waals surface area contributed by atoms with Crippen LogP contribution in [-0.2, 0) is 4.74 Å². The summed E-state index contributed by atoms with van der Waals surface area (Å²) in [5.41, 5.74) is -0.399. The Labute approximate surface area is 92.4 Å². The van der Waals surface area contributed by atoms with Crippen molar-refractivity contribution >= 4 is 0 Å². The van der Waals surface area contributed by atoms with Crippen molar-refractivity contribution in [2.24, 2.45) is 0 Å². The molecule has 3 heteroatoms. The summed E-state index contributed by atoms with van der Waals surface area (Å²) in [5.74, 6) is 0. The lowest BCUT2D eigenvalue weighted by molar-refractivity contribution is -0.0461. The van der Waals surface area contributed by atoms with E-state index in [-0.39, 0.29) is 0 Å². The fourth-order valence-corrected chi connectivity index (χ4v) is 3.09. The summed E-state index contributed by atoms with van der Waals surface area (Å²) in [6.45, 7) is 3.11. The largest absolute Gasteiger partial charge is 0.390 e. The lowest BCUT2D eigenvalue weighted by Gasteiger charge is -2.41. The normalized spacial score (nSPS) is 36.8. The minimum absolute atomic E-state index is 0.399. The van der Waals surface area contributed by atoms with Crippen LogP contribution in [0.25, 0.3) is 0 Å². The Morgan fingerprint density at radius 1 is 1.47 bits per heavy atom. The highest BCUT2D eigenvalue weighted by molar-refractivity contribution is 4.94. The Hall–Kier alpha value is -0.120. The van der Waals surface area contributed by atoms with Crippen molar-refractivity contribution in [3.63, 3.8) is 0 Å². The SMILES string of the molecule is COCCCC1(O)CCN2CCCC2C1. The first-order chi connectivity index (χ1) is 7.23. The number of nitrogens with zero attached hydrogens (tertiary/aromatic N) is 1. The Bertz CT molecular complexity index is 210. The molecule has 1 N–H and O–H groups in total. The summed E-state index contributed by atoms with van der Waals surface area (Å²) < 4.78 is 5.04. The first-order valence-corrected chi connectivity index (χ1v) is 6.19. The third kappa shape index (κ3) is 2.71. The summed E-state index contributed by atoms with van der Waals surface area (Å²) in [5, 5.41) is 10.5. The van der Waals surface area contributed by atoms with Crippen molar-refractivity contribution in [3.8, 4) is 0 Å². The van der Waals surface area contributed by atoms with Crippen LogP contribution >= 0.6 is 0 Å². The molecule has 2 aliphatic rings. The van der Waals surface area contributed by atoms with Crippen LogP contribution < -0.4 is 0 Å². The number of piperidine rings is 1. The van der Waals surface area contributed by atoms with E-state index in [1.54, 1.807) is 7.11 Å². The summed E-state index contributed by atoms with van der Waals surface area (Å²) >= 11 is 0. The van der Waals surface area contributed by atoms with Crippen molar-refractivity contribution in [2.45, 2.75) is 50.2 Å². The van der Waals surface area contributed by atoms with E-state index in [1.807, 2.05) is 0 Å². The molecular weight excluding hydrogens is 190 g/mol. The number of methoxy groups -OCH3 is 1. The second-order valence-electron chi connectivity index (χ2n) is 5.11. The monoisotopic (exact) mass is 213 g/mol. The standard InChI is InChI=1S/C12H23NO2/c1-15-9-3-5-12(14)6-8-13-7-2-4-11(13)10-12/h11,14H,2-10H2,1H3. The molecule has 0 spiro atoms. The van der Waals surface area contributed by atoms with Crippen molar-refractivity contribution in [1.82, 2.24) is 4.90 Å². The van der Waals surface area contributed by atoms with Gasteiger partial charge in [0.2, 0.25) is 0 Å². The molecule has 0 aromatic heterocycles. The number of fused-ring (bicyclic) bond motifs is 1. The van der Waals surface area contributed by atoms with Crippen LogP contribution in [0.2, 0.25) is 0 Å². The molecule has 2 heterocycles. The first kappa shape index (κ1) is 11.4. The van der Waals surface area contributed by atoms with Gasteiger partial charge < -0.3 is 14.7 Å². The highest BCUT2D eigenvalue weighted by Crippen LogP contribution is 2.35. The summed E-state index contributed by atoms with van der Waals surface area (Å²) in [4.78, 5) is 2.55. The molecule has 15 heavy (non-hydrogen) atoms. The van der Waals surface area contributed by atoms with Crippen LogP contribution in [-0.4, -0.2) is 48.5 Å². The van der Waals surface area contributed by atoms with Gasteiger partial charge in [-0.25, -0.2) is 0 Å². The molecular formula is C12H23NO2. The maximum atomic E-state index is 10.5. The van der Waals surface area contributed by atoms with E-state index < -0.39 is 5.60 Å². The zero-order valence-electron chi connectivity index (χ0n) is 9.74. The Morgan fingerprint density at radius 2 is 2.33 bits per heavy atom.